The largest absolute Gasteiger partial charge is 0.488 e. The molecule has 6 rings (SSSR count). The molecule has 1 aliphatic carbocycles. The summed E-state index contributed by atoms with van der Waals surface area (Å²) in [6.07, 6.45) is 3.60. The molecule has 2 aliphatic heterocycles. The van der Waals surface area contributed by atoms with Gasteiger partial charge < -0.3 is 24.7 Å². The van der Waals surface area contributed by atoms with Crippen molar-refractivity contribution in [2.75, 3.05) is 31.1 Å². The zero-order valence-electron chi connectivity index (χ0n) is 24.3. The fraction of sp³-hybridized carbons (Fsp3) is 0.485. The first-order chi connectivity index (χ1) is 20.2. The highest BCUT2D eigenvalue weighted by Crippen LogP contribution is 2.46. The summed E-state index contributed by atoms with van der Waals surface area (Å²) in [5.74, 6) is 1.15. The highest BCUT2D eigenvalue weighted by Gasteiger charge is 2.43. The van der Waals surface area contributed by atoms with Crippen LogP contribution in [0.1, 0.15) is 59.2 Å². The molecule has 4 atom stereocenters. The van der Waals surface area contributed by atoms with Gasteiger partial charge in [-0.1, -0.05) is 17.7 Å². The molecule has 9 heteroatoms. The molecular formula is C33H39N3O5S. The summed E-state index contributed by atoms with van der Waals surface area (Å²) < 4.78 is 6.36. The Hall–Kier alpha value is -3.43. The Labute approximate surface area is 251 Å². The molecule has 3 fully saturated rings. The number of likely N-dealkylation sites (tertiary alicyclic amines) is 1. The van der Waals surface area contributed by atoms with Crippen LogP contribution in [0, 0.1) is 31.6 Å². The summed E-state index contributed by atoms with van der Waals surface area (Å²) >= 11 is 1.64. The van der Waals surface area contributed by atoms with Gasteiger partial charge in [0.1, 0.15) is 12.4 Å². The van der Waals surface area contributed by atoms with E-state index in [2.05, 4.69) is 23.3 Å². The molecule has 1 saturated carbocycles. The molecule has 3 heterocycles. The van der Waals surface area contributed by atoms with E-state index in [4.69, 9.17) is 9.72 Å². The highest BCUT2D eigenvalue weighted by atomic mass is 32.1. The number of carbonyl (C=O) groups excluding carboxylic acids is 1. The molecule has 0 radical (unpaired) electrons. The van der Waals surface area contributed by atoms with Crippen LogP contribution < -0.4 is 9.64 Å². The summed E-state index contributed by atoms with van der Waals surface area (Å²) in [6, 6.07) is 11.9. The number of rotatable bonds is 8. The number of carboxylic acids is 1. The van der Waals surface area contributed by atoms with Gasteiger partial charge in [0.2, 0.25) is 0 Å². The maximum absolute atomic E-state index is 13.0. The average molecular weight is 590 g/mol. The number of ether oxygens (including phenoxy) is 1. The topological polar surface area (TPSA) is 103 Å². The van der Waals surface area contributed by atoms with Crippen LogP contribution in [0.3, 0.4) is 0 Å². The second kappa shape index (κ2) is 12.1. The molecule has 3 aromatic rings. The number of hydrogen-bond acceptors (Lipinski definition) is 7. The first-order valence-electron chi connectivity index (χ1n) is 15.0. The number of aromatic nitrogens is 1. The van der Waals surface area contributed by atoms with Gasteiger partial charge in [-0.2, -0.15) is 0 Å². The van der Waals surface area contributed by atoms with E-state index in [9.17, 15) is 19.8 Å². The summed E-state index contributed by atoms with van der Waals surface area (Å²) in [6.45, 7) is 7.24. The lowest BCUT2D eigenvalue weighted by molar-refractivity contribution is -0.138. The van der Waals surface area contributed by atoms with E-state index in [0.717, 1.165) is 77.6 Å². The quantitative estimate of drug-likeness (QED) is 0.356. The molecule has 2 bridgehead atoms. The molecule has 2 unspecified atom stereocenters. The second-order valence-electron chi connectivity index (χ2n) is 12.3. The van der Waals surface area contributed by atoms with Crippen molar-refractivity contribution < 1.29 is 24.5 Å². The lowest BCUT2D eigenvalue weighted by Gasteiger charge is -2.37. The number of aliphatic hydroxyl groups excluding tert-OH is 1. The van der Waals surface area contributed by atoms with Crippen molar-refractivity contribution >= 4 is 28.3 Å². The second-order valence-corrected chi connectivity index (χ2v) is 13.1. The molecule has 1 amide bonds. The number of anilines is 1. The van der Waals surface area contributed by atoms with Crippen LogP contribution in [0.4, 0.5) is 5.13 Å². The van der Waals surface area contributed by atoms with Crippen molar-refractivity contribution in [1.82, 2.24) is 9.88 Å². The van der Waals surface area contributed by atoms with E-state index < -0.39 is 12.1 Å². The number of piperidine rings is 2. The minimum Gasteiger partial charge on any atom is -0.488 e. The van der Waals surface area contributed by atoms with Crippen molar-refractivity contribution in [2.24, 2.45) is 17.8 Å². The minimum absolute atomic E-state index is 0.0383. The fourth-order valence-corrected chi connectivity index (χ4v) is 7.84. The van der Waals surface area contributed by atoms with Gasteiger partial charge in [0.25, 0.3) is 5.91 Å². The number of nitrogens with zero attached hydrogens (tertiary/aromatic N) is 3. The van der Waals surface area contributed by atoms with Crippen LogP contribution in [0.15, 0.2) is 41.8 Å². The predicted molar refractivity (Wildman–Crippen MR) is 163 cm³/mol. The predicted octanol–water partition coefficient (Wildman–Crippen LogP) is 5.54. The third-order valence-corrected chi connectivity index (χ3v) is 10.2. The maximum Gasteiger partial charge on any atom is 0.303 e. The SMILES string of the molecule is Cc1ccc(OCc2ccc(C(=O)N3CCC[C@@H](O)C3)cc2C)c(-c2csc(N3CC4CC[C@@H](C3)C4CC(=O)O)n2)c1. The van der Waals surface area contributed by atoms with E-state index in [1.165, 1.54) is 0 Å². The summed E-state index contributed by atoms with van der Waals surface area (Å²) in [7, 11) is 0. The first kappa shape index (κ1) is 28.7. The van der Waals surface area contributed by atoms with E-state index >= 15 is 0 Å². The molecule has 2 N–H and O–H groups in total. The van der Waals surface area contributed by atoms with E-state index in [-0.39, 0.29) is 18.2 Å². The molecule has 3 aliphatic rings. The lowest BCUT2D eigenvalue weighted by Crippen LogP contribution is -2.42. The number of benzene rings is 2. The minimum atomic E-state index is -0.688. The van der Waals surface area contributed by atoms with E-state index in [0.29, 0.717) is 37.1 Å². The maximum atomic E-state index is 13.0. The monoisotopic (exact) mass is 589 g/mol. The van der Waals surface area contributed by atoms with Gasteiger partial charge in [-0.3, -0.25) is 9.59 Å². The third kappa shape index (κ3) is 6.03. The van der Waals surface area contributed by atoms with Gasteiger partial charge in [0, 0.05) is 49.1 Å². The number of amides is 1. The van der Waals surface area contributed by atoms with Crippen molar-refractivity contribution in [3.63, 3.8) is 0 Å². The van der Waals surface area contributed by atoms with Crippen molar-refractivity contribution in [2.45, 2.75) is 58.7 Å². The van der Waals surface area contributed by atoms with Gasteiger partial charge in [0.15, 0.2) is 5.13 Å². The zero-order chi connectivity index (χ0) is 29.4. The Bertz CT molecular complexity index is 1460. The van der Waals surface area contributed by atoms with Crippen molar-refractivity contribution in [1.29, 1.82) is 0 Å². The number of hydrogen-bond donors (Lipinski definition) is 2. The van der Waals surface area contributed by atoms with Gasteiger partial charge in [-0.15, -0.1) is 11.3 Å². The molecule has 2 aromatic carbocycles. The summed E-state index contributed by atoms with van der Waals surface area (Å²) in [5.41, 5.74) is 5.60. The highest BCUT2D eigenvalue weighted by molar-refractivity contribution is 7.14. The van der Waals surface area contributed by atoms with E-state index in [1.807, 2.05) is 37.3 Å². The number of aliphatic hydroxyl groups is 1. The average Bonchev–Trinajstić information content (AvgIpc) is 3.53. The Morgan fingerprint density at radius 2 is 1.83 bits per heavy atom. The van der Waals surface area contributed by atoms with Gasteiger partial charge in [-0.05, 0) is 92.7 Å². The summed E-state index contributed by atoms with van der Waals surface area (Å²) in [4.78, 5) is 33.5. The first-order valence-corrected chi connectivity index (χ1v) is 15.9. The molecule has 1 aromatic heterocycles. The zero-order valence-corrected chi connectivity index (χ0v) is 25.1. The lowest BCUT2D eigenvalue weighted by atomic mass is 9.83. The number of thiazole rings is 1. The Morgan fingerprint density at radius 3 is 2.55 bits per heavy atom. The molecular weight excluding hydrogens is 550 g/mol. The molecule has 0 spiro atoms. The smallest absolute Gasteiger partial charge is 0.303 e. The normalized spacial score (nSPS) is 23.7. The number of β-amino-alcohol motifs (C(OH)–C–C–N with tert-alkyl or cyclic N) is 1. The number of carboxylic acid groups (broad SMARTS) is 1. The van der Waals surface area contributed by atoms with Crippen LogP contribution >= 0.6 is 11.3 Å². The van der Waals surface area contributed by atoms with Gasteiger partial charge in [-0.25, -0.2) is 4.98 Å². The van der Waals surface area contributed by atoms with Crippen molar-refractivity contribution in [3.05, 3.63) is 64.0 Å². The van der Waals surface area contributed by atoms with Gasteiger partial charge >= 0.3 is 5.97 Å². The fourth-order valence-electron chi connectivity index (χ4n) is 7.00. The Morgan fingerprint density at radius 1 is 1.05 bits per heavy atom. The van der Waals surface area contributed by atoms with Crippen LogP contribution in [0.2, 0.25) is 0 Å². The Balaban J connectivity index is 1.14. The van der Waals surface area contributed by atoms with Gasteiger partial charge in [0.05, 0.1) is 11.8 Å². The molecule has 8 nitrogen and oxygen atoms in total. The standard InChI is InChI=1S/C33H39N3O5S/c1-20-5-10-30(41-18-25-9-6-22(13-21(25)2)32(40)35-11-3-4-26(37)17-35)28(12-20)29-19-42-33(34-29)36-15-23-7-8-24(16-36)27(23)14-31(38)39/h5-6,9-10,12-13,19,23-24,26-27,37H,3-4,7-8,11,14-18H2,1-2H3,(H,38,39)/t23-,24?,26+,27?/m0/s1. The summed E-state index contributed by atoms with van der Waals surface area (Å²) in [5, 5.41) is 22.4. The van der Waals surface area contributed by atoms with Crippen LogP contribution in [0.25, 0.3) is 11.3 Å². The molecule has 42 heavy (non-hydrogen) atoms. The van der Waals surface area contributed by atoms with E-state index in [1.54, 1.807) is 16.2 Å². The van der Waals surface area contributed by atoms with Crippen LogP contribution in [0.5, 0.6) is 5.75 Å². The molecule has 222 valence electrons. The van der Waals surface area contributed by atoms with Crippen LogP contribution in [-0.2, 0) is 11.4 Å². The number of aryl methyl sites for hydroxylation is 2. The van der Waals surface area contributed by atoms with Crippen LogP contribution in [-0.4, -0.2) is 64.3 Å². The van der Waals surface area contributed by atoms with Crippen molar-refractivity contribution in [3.8, 4) is 17.0 Å². The third-order valence-electron chi connectivity index (χ3n) is 9.27. The Kier molecular flexibility index (Phi) is 8.23. The number of aliphatic carboxylic acids is 1. The molecule has 2 saturated heterocycles. The number of carbonyl (C=O) groups is 2. The number of fused-ring (bicyclic) bond motifs is 2.